The van der Waals surface area contributed by atoms with E-state index in [1.54, 1.807) is 0 Å². The Balaban J connectivity index is 2.25. The fourth-order valence-electron chi connectivity index (χ4n) is 2.47. The molecule has 5 heteroatoms. The van der Waals surface area contributed by atoms with Crippen LogP contribution in [0.5, 0.6) is 0 Å². The van der Waals surface area contributed by atoms with Crippen molar-refractivity contribution >= 4 is 6.09 Å². The molecule has 1 rings (SSSR count). The van der Waals surface area contributed by atoms with Crippen LogP contribution in [-0.4, -0.2) is 37.4 Å². The molecule has 0 radical (unpaired) electrons. The molecule has 0 aromatic rings. The van der Waals surface area contributed by atoms with Gasteiger partial charge in [-0.2, -0.15) is 0 Å². The maximum absolute atomic E-state index is 11.6. The predicted octanol–water partition coefficient (Wildman–Crippen LogP) is 1.62. The molecule has 1 fully saturated rings. The molecule has 1 saturated carbocycles. The molecule has 1 aliphatic carbocycles. The lowest BCUT2D eigenvalue weighted by Crippen LogP contribution is -2.41. The first-order chi connectivity index (χ1) is 8.92. The molecule has 1 aliphatic rings. The number of carbonyl (C=O) groups is 1. The van der Waals surface area contributed by atoms with Crippen LogP contribution < -0.4 is 16.4 Å². The summed E-state index contributed by atoms with van der Waals surface area (Å²) < 4.78 is 5.24. The topological polar surface area (TPSA) is 76.4 Å². The van der Waals surface area contributed by atoms with Crippen molar-refractivity contribution in [1.82, 2.24) is 10.6 Å². The van der Waals surface area contributed by atoms with E-state index < -0.39 is 5.60 Å². The third-order valence-corrected chi connectivity index (χ3v) is 3.35. The smallest absolute Gasteiger partial charge is 0.407 e. The molecule has 0 heterocycles. The number of nitrogens with two attached hydrogens (primary N) is 1. The highest BCUT2D eigenvalue weighted by Crippen LogP contribution is 2.25. The number of carbonyl (C=O) groups excluding carboxylic acids is 1. The van der Waals surface area contributed by atoms with Gasteiger partial charge in [-0.15, -0.1) is 0 Å². The van der Waals surface area contributed by atoms with Crippen LogP contribution in [0.2, 0.25) is 0 Å². The first-order valence-corrected chi connectivity index (χ1v) is 7.32. The van der Waals surface area contributed by atoms with Crippen molar-refractivity contribution in [2.24, 2.45) is 11.7 Å². The fraction of sp³-hybridized carbons (Fsp3) is 0.929. The SMILES string of the molecule is CC(C)(C)OC(=O)NCC1CCCC1NCCCN. The zero-order valence-corrected chi connectivity index (χ0v) is 12.5. The Morgan fingerprint density at radius 1 is 1.37 bits per heavy atom. The number of nitrogens with one attached hydrogen (secondary N) is 2. The first-order valence-electron chi connectivity index (χ1n) is 7.32. The van der Waals surface area contributed by atoms with Gasteiger partial charge in [0.1, 0.15) is 5.60 Å². The molecule has 19 heavy (non-hydrogen) atoms. The molecular weight excluding hydrogens is 242 g/mol. The van der Waals surface area contributed by atoms with E-state index in [1.165, 1.54) is 12.8 Å². The van der Waals surface area contributed by atoms with Crippen LogP contribution >= 0.6 is 0 Å². The van der Waals surface area contributed by atoms with Gasteiger partial charge < -0.3 is 21.1 Å². The van der Waals surface area contributed by atoms with E-state index >= 15 is 0 Å². The van der Waals surface area contributed by atoms with E-state index in [2.05, 4.69) is 10.6 Å². The molecule has 5 nitrogen and oxygen atoms in total. The highest BCUT2D eigenvalue weighted by atomic mass is 16.6. The lowest BCUT2D eigenvalue weighted by Gasteiger charge is -2.23. The summed E-state index contributed by atoms with van der Waals surface area (Å²) in [7, 11) is 0. The van der Waals surface area contributed by atoms with Crippen LogP contribution in [0.25, 0.3) is 0 Å². The number of hydrogen-bond donors (Lipinski definition) is 3. The van der Waals surface area contributed by atoms with Crippen molar-refractivity contribution in [2.75, 3.05) is 19.6 Å². The molecule has 2 atom stereocenters. The van der Waals surface area contributed by atoms with Crippen LogP contribution in [0.4, 0.5) is 4.79 Å². The Kier molecular flexibility index (Phi) is 6.58. The van der Waals surface area contributed by atoms with E-state index in [4.69, 9.17) is 10.5 Å². The first kappa shape index (κ1) is 16.2. The number of amides is 1. The van der Waals surface area contributed by atoms with E-state index in [1.807, 2.05) is 20.8 Å². The predicted molar refractivity (Wildman–Crippen MR) is 77.0 cm³/mol. The maximum atomic E-state index is 11.6. The van der Waals surface area contributed by atoms with E-state index in [-0.39, 0.29) is 6.09 Å². The molecule has 2 unspecified atom stereocenters. The Labute approximate surface area is 116 Å². The summed E-state index contributed by atoms with van der Waals surface area (Å²) in [5, 5.41) is 6.41. The fourth-order valence-corrected chi connectivity index (χ4v) is 2.47. The molecule has 0 saturated heterocycles. The Bertz CT molecular complexity index is 276. The minimum absolute atomic E-state index is 0.319. The van der Waals surface area contributed by atoms with Crippen molar-refractivity contribution in [3.05, 3.63) is 0 Å². The summed E-state index contributed by atoms with van der Waals surface area (Å²) >= 11 is 0. The minimum atomic E-state index is -0.432. The molecule has 0 bridgehead atoms. The summed E-state index contributed by atoms with van der Waals surface area (Å²) in [4.78, 5) is 11.6. The van der Waals surface area contributed by atoms with Crippen LogP contribution in [-0.2, 0) is 4.74 Å². The number of alkyl carbamates (subject to hydrolysis) is 1. The summed E-state index contributed by atoms with van der Waals surface area (Å²) in [6.07, 6.45) is 4.26. The highest BCUT2D eigenvalue weighted by molar-refractivity contribution is 5.67. The average molecular weight is 271 g/mol. The van der Waals surface area contributed by atoms with Crippen LogP contribution in [0.1, 0.15) is 46.5 Å². The highest BCUT2D eigenvalue weighted by Gasteiger charge is 2.27. The molecule has 0 aromatic heterocycles. The van der Waals surface area contributed by atoms with Crippen LogP contribution in [0.15, 0.2) is 0 Å². The van der Waals surface area contributed by atoms with E-state index in [0.29, 0.717) is 18.5 Å². The van der Waals surface area contributed by atoms with Crippen LogP contribution in [0.3, 0.4) is 0 Å². The van der Waals surface area contributed by atoms with Gasteiger partial charge in [-0.05, 0) is 59.0 Å². The van der Waals surface area contributed by atoms with Crippen molar-refractivity contribution in [3.63, 3.8) is 0 Å². The monoisotopic (exact) mass is 271 g/mol. The summed E-state index contributed by atoms with van der Waals surface area (Å²) in [6.45, 7) is 8.00. The second kappa shape index (κ2) is 7.70. The molecule has 1 amide bonds. The Morgan fingerprint density at radius 2 is 2.11 bits per heavy atom. The number of ether oxygens (including phenoxy) is 1. The van der Waals surface area contributed by atoms with Gasteiger partial charge in [0.15, 0.2) is 0 Å². The normalized spacial score (nSPS) is 23.4. The van der Waals surface area contributed by atoms with Gasteiger partial charge in [0.05, 0.1) is 0 Å². The maximum Gasteiger partial charge on any atom is 0.407 e. The van der Waals surface area contributed by atoms with Gasteiger partial charge in [-0.25, -0.2) is 4.79 Å². The van der Waals surface area contributed by atoms with Gasteiger partial charge in [0, 0.05) is 12.6 Å². The number of rotatable bonds is 6. The van der Waals surface area contributed by atoms with Crippen LogP contribution in [0, 0.1) is 5.92 Å². The molecule has 4 N–H and O–H groups in total. The Morgan fingerprint density at radius 3 is 2.74 bits per heavy atom. The third-order valence-electron chi connectivity index (χ3n) is 3.35. The van der Waals surface area contributed by atoms with Gasteiger partial charge in [0.2, 0.25) is 0 Å². The van der Waals surface area contributed by atoms with Crippen molar-refractivity contribution in [1.29, 1.82) is 0 Å². The van der Waals surface area contributed by atoms with Crippen molar-refractivity contribution in [3.8, 4) is 0 Å². The molecule has 0 aromatic carbocycles. The quantitative estimate of drug-likeness (QED) is 0.642. The molecule has 0 aliphatic heterocycles. The Hall–Kier alpha value is -0.810. The zero-order chi connectivity index (χ0) is 14.3. The summed E-state index contributed by atoms with van der Waals surface area (Å²) in [5.41, 5.74) is 5.06. The standard InChI is InChI=1S/C14H29N3O2/c1-14(2,3)19-13(18)17-10-11-6-4-7-12(11)16-9-5-8-15/h11-12,16H,4-10,15H2,1-3H3,(H,17,18). The van der Waals surface area contributed by atoms with Gasteiger partial charge >= 0.3 is 6.09 Å². The van der Waals surface area contributed by atoms with Crippen molar-refractivity contribution < 1.29 is 9.53 Å². The molecule has 112 valence electrons. The van der Waals surface area contributed by atoms with Crippen molar-refractivity contribution in [2.45, 2.75) is 58.1 Å². The van der Waals surface area contributed by atoms with E-state index in [0.717, 1.165) is 25.9 Å². The van der Waals surface area contributed by atoms with Gasteiger partial charge in [-0.1, -0.05) is 6.42 Å². The van der Waals surface area contributed by atoms with E-state index in [9.17, 15) is 4.79 Å². The minimum Gasteiger partial charge on any atom is -0.444 e. The van der Waals surface area contributed by atoms with Gasteiger partial charge in [-0.3, -0.25) is 0 Å². The lowest BCUT2D eigenvalue weighted by atomic mass is 10.0. The number of hydrogen-bond acceptors (Lipinski definition) is 4. The molecular formula is C14H29N3O2. The second-order valence-corrected chi connectivity index (χ2v) is 6.28. The zero-order valence-electron chi connectivity index (χ0n) is 12.5. The molecule has 0 spiro atoms. The largest absolute Gasteiger partial charge is 0.444 e. The lowest BCUT2D eigenvalue weighted by molar-refractivity contribution is 0.0517. The average Bonchev–Trinajstić information content (AvgIpc) is 2.72. The summed E-state index contributed by atoms with van der Waals surface area (Å²) in [5.74, 6) is 0.505. The second-order valence-electron chi connectivity index (χ2n) is 6.28. The summed E-state index contributed by atoms with van der Waals surface area (Å²) in [6, 6.07) is 0.501. The third kappa shape index (κ3) is 6.78. The van der Waals surface area contributed by atoms with Gasteiger partial charge in [0.25, 0.3) is 0 Å².